The zero-order valence-electron chi connectivity index (χ0n) is 19.6. The second kappa shape index (κ2) is 8.97. The molecule has 38 heavy (non-hydrogen) atoms. The maximum Gasteiger partial charge on any atom is 0.255 e. The molecule has 0 heterocycles. The Bertz CT molecular complexity index is 1590. The van der Waals surface area contributed by atoms with Gasteiger partial charge in [-0.1, -0.05) is 11.8 Å². The van der Waals surface area contributed by atoms with Crippen molar-refractivity contribution in [3.63, 3.8) is 0 Å². The van der Waals surface area contributed by atoms with Gasteiger partial charge in [-0.3, -0.25) is 19.2 Å². The van der Waals surface area contributed by atoms with Gasteiger partial charge in [0.15, 0.2) is 11.4 Å². The van der Waals surface area contributed by atoms with Crippen molar-refractivity contribution in [3.05, 3.63) is 81.1 Å². The van der Waals surface area contributed by atoms with E-state index in [4.69, 9.17) is 5.73 Å². The molecule has 1 fully saturated rings. The molecular weight excluding hydrogens is 558 g/mol. The van der Waals surface area contributed by atoms with E-state index in [-0.39, 0.29) is 40.8 Å². The Kier molecular flexibility index (Phi) is 6.01. The van der Waals surface area contributed by atoms with Crippen molar-refractivity contribution in [1.82, 2.24) is 0 Å². The molecule has 0 saturated heterocycles. The molecule has 0 unspecified atom stereocenters. The lowest BCUT2D eigenvalue weighted by atomic mass is 9.59. The van der Waals surface area contributed by atoms with Crippen LogP contribution in [0.25, 0.3) is 5.76 Å². The third-order valence-electron chi connectivity index (χ3n) is 7.40. The molecule has 2 aromatic rings. The van der Waals surface area contributed by atoms with Crippen LogP contribution in [0.5, 0.6) is 5.75 Å². The molecular formula is C28H20BrNO8. The largest absolute Gasteiger partial charge is 0.508 e. The maximum absolute atomic E-state index is 13.5. The van der Waals surface area contributed by atoms with Crippen LogP contribution in [0.15, 0.2) is 53.3 Å². The molecule has 0 radical (unpaired) electrons. The molecule has 3 aliphatic rings. The fraction of sp³-hybridized carbons (Fsp3) is 0.214. The second-order valence-electron chi connectivity index (χ2n) is 9.49. The van der Waals surface area contributed by atoms with Crippen LogP contribution in [0.2, 0.25) is 0 Å². The molecule has 6 N–H and O–H groups in total. The molecule has 1 amide bonds. The smallest absolute Gasteiger partial charge is 0.255 e. The third kappa shape index (κ3) is 3.74. The molecule has 1 saturated carbocycles. The zero-order chi connectivity index (χ0) is 27.5. The minimum Gasteiger partial charge on any atom is -0.508 e. The number of carbonyl (C=O) groups excluding carboxylic acids is 4. The van der Waals surface area contributed by atoms with E-state index >= 15 is 0 Å². The first-order valence-corrected chi connectivity index (χ1v) is 12.4. The van der Waals surface area contributed by atoms with Crippen molar-refractivity contribution < 1.29 is 39.6 Å². The average molecular weight is 578 g/mol. The number of carbonyl (C=O) groups is 4. The number of phenolic OH excluding ortho intramolecular Hbond substituents is 1. The first-order chi connectivity index (χ1) is 17.9. The fourth-order valence-electron chi connectivity index (χ4n) is 5.56. The molecule has 10 heteroatoms. The van der Waals surface area contributed by atoms with Crippen LogP contribution in [0.1, 0.15) is 45.5 Å². The molecule has 3 atom stereocenters. The highest BCUT2D eigenvalue weighted by atomic mass is 79.9. The minimum absolute atomic E-state index is 0.0239. The summed E-state index contributed by atoms with van der Waals surface area (Å²) in [4.78, 5) is 49.2. The molecule has 192 valence electrons. The van der Waals surface area contributed by atoms with Gasteiger partial charge in [0.1, 0.15) is 22.8 Å². The van der Waals surface area contributed by atoms with E-state index in [1.54, 1.807) is 30.3 Å². The van der Waals surface area contributed by atoms with Gasteiger partial charge in [0.05, 0.1) is 5.56 Å². The number of halogens is 1. The van der Waals surface area contributed by atoms with Gasteiger partial charge in [-0.05, 0) is 76.7 Å². The average Bonchev–Trinajstić information content (AvgIpc) is 2.85. The normalized spacial score (nSPS) is 24.2. The molecule has 0 aromatic heterocycles. The van der Waals surface area contributed by atoms with E-state index in [9.17, 15) is 39.6 Å². The summed E-state index contributed by atoms with van der Waals surface area (Å²) in [6, 6.07) is 9.47. The van der Waals surface area contributed by atoms with Crippen LogP contribution in [0, 0.1) is 23.7 Å². The summed E-state index contributed by atoms with van der Waals surface area (Å²) in [7, 11) is 0. The van der Waals surface area contributed by atoms with E-state index in [0.717, 1.165) is 0 Å². The van der Waals surface area contributed by atoms with Crippen LogP contribution in [-0.2, 0) is 20.8 Å². The van der Waals surface area contributed by atoms with Gasteiger partial charge < -0.3 is 26.2 Å². The minimum atomic E-state index is -2.61. The first kappa shape index (κ1) is 25.4. The fourth-order valence-corrected chi connectivity index (χ4v) is 5.83. The topological polar surface area (TPSA) is 175 Å². The maximum atomic E-state index is 13.5. The SMILES string of the molecule is NC(=O)C1=C(O)[C@@]2(O)C(=O)C3=C(O)c4c(O)ccc(C#Cc5ccc(C(=O)Br)cc5)c4C[C@H]3C[C@H]2CC1=O. The van der Waals surface area contributed by atoms with Gasteiger partial charge in [0, 0.05) is 34.6 Å². The van der Waals surface area contributed by atoms with Crippen LogP contribution >= 0.6 is 15.9 Å². The monoisotopic (exact) mass is 577 g/mol. The van der Waals surface area contributed by atoms with Crippen molar-refractivity contribution in [3.8, 4) is 17.6 Å². The predicted molar refractivity (Wildman–Crippen MR) is 137 cm³/mol. The first-order valence-electron chi connectivity index (χ1n) is 11.6. The highest BCUT2D eigenvalue weighted by Crippen LogP contribution is 2.52. The lowest BCUT2D eigenvalue weighted by Crippen LogP contribution is -2.58. The number of aromatic hydroxyl groups is 1. The number of aliphatic hydroxyl groups excluding tert-OH is 2. The molecule has 5 rings (SSSR count). The summed E-state index contributed by atoms with van der Waals surface area (Å²) in [6.07, 6.45) is -0.196. The number of amides is 1. The van der Waals surface area contributed by atoms with Gasteiger partial charge in [-0.2, -0.15) is 0 Å². The predicted octanol–water partition coefficient (Wildman–Crippen LogP) is 2.36. The van der Waals surface area contributed by atoms with Gasteiger partial charge in [-0.15, -0.1) is 0 Å². The Morgan fingerprint density at radius 2 is 1.68 bits per heavy atom. The number of ketones is 2. The van der Waals surface area contributed by atoms with Crippen molar-refractivity contribution in [2.45, 2.75) is 24.9 Å². The van der Waals surface area contributed by atoms with E-state index in [2.05, 4.69) is 27.8 Å². The van der Waals surface area contributed by atoms with E-state index in [0.29, 0.717) is 22.3 Å². The zero-order valence-corrected chi connectivity index (χ0v) is 21.2. The number of nitrogens with two attached hydrogens (primary N) is 1. The third-order valence-corrected chi connectivity index (χ3v) is 7.86. The number of primary amides is 1. The van der Waals surface area contributed by atoms with Crippen molar-refractivity contribution in [2.24, 2.45) is 17.6 Å². The van der Waals surface area contributed by atoms with Gasteiger partial charge in [0.25, 0.3) is 5.91 Å². The van der Waals surface area contributed by atoms with Crippen LogP contribution in [-0.4, -0.2) is 48.2 Å². The van der Waals surface area contributed by atoms with Gasteiger partial charge in [-0.25, -0.2) is 0 Å². The molecule has 3 aliphatic carbocycles. The van der Waals surface area contributed by atoms with Crippen molar-refractivity contribution >= 4 is 43.9 Å². The quantitative estimate of drug-likeness (QED) is 0.205. The van der Waals surface area contributed by atoms with Crippen molar-refractivity contribution in [1.29, 1.82) is 0 Å². The summed E-state index contributed by atoms with van der Waals surface area (Å²) in [5.74, 6) is -0.798. The number of benzene rings is 2. The van der Waals surface area contributed by atoms with E-state index in [1.807, 2.05) is 0 Å². The van der Waals surface area contributed by atoms with Crippen molar-refractivity contribution in [2.75, 3.05) is 0 Å². The molecule has 0 spiro atoms. The highest BCUT2D eigenvalue weighted by Gasteiger charge is 2.60. The number of rotatable bonds is 2. The number of aliphatic hydroxyl groups is 3. The highest BCUT2D eigenvalue weighted by molar-refractivity contribution is 9.18. The Morgan fingerprint density at radius 1 is 1.00 bits per heavy atom. The number of phenols is 1. The summed E-state index contributed by atoms with van der Waals surface area (Å²) >= 11 is 2.89. The van der Waals surface area contributed by atoms with E-state index < -0.39 is 52.0 Å². The molecule has 0 aliphatic heterocycles. The summed E-state index contributed by atoms with van der Waals surface area (Å²) in [6.45, 7) is 0. The lowest BCUT2D eigenvalue weighted by Gasteiger charge is -2.46. The molecule has 9 nitrogen and oxygen atoms in total. The summed E-state index contributed by atoms with van der Waals surface area (Å²) in [5.41, 5.74) is 3.57. The number of hydrogen-bond acceptors (Lipinski definition) is 8. The second-order valence-corrected chi connectivity index (χ2v) is 10.2. The molecule has 0 bridgehead atoms. The Hall–Kier alpha value is -4.20. The number of fused-ring (bicyclic) bond motifs is 3. The van der Waals surface area contributed by atoms with Gasteiger partial charge >= 0.3 is 0 Å². The Balaban J connectivity index is 1.60. The Labute approximate surface area is 224 Å². The van der Waals surface area contributed by atoms with Crippen LogP contribution < -0.4 is 5.73 Å². The van der Waals surface area contributed by atoms with E-state index in [1.165, 1.54) is 6.07 Å². The summed E-state index contributed by atoms with van der Waals surface area (Å²) in [5, 5.41) is 43.7. The van der Waals surface area contributed by atoms with Gasteiger partial charge in [0.2, 0.25) is 10.5 Å². The van der Waals surface area contributed by atoms with Crippen LogP contribution in [0.3, 0.4) is 0 Å². The molecule has 2 aromatic carbocycles. The number of Topliss-reactive ketones (excluding diaryl/α,β-unsaturated/α-hetero) is 2. The number of hydrogen-bond donors (Lipinski definition) is 5. The van der Waals surface area contributed by atoms with Crippen LogP contribution in [0.4, 0.5) is 0 Å². The Morgan fingerprint density at radius 3 is 2.32 bits per heavy atom. The summed E-state index contributed by atoms with van der Waals surface area (Å²) < 4.78 is -0.258. The standard InChI is InChI=1S/C28H20BrNO8/c29-26(36)14-5-2-12(3-6-14)1-4-13-7-8-18(31)21-17(13)10-15-9-16-11-19(32)22(27(30)37)25(35)28(16,38)24(34)20(15)23(21)33/h2-3,5-8,15-16,31,33,35,38H,9-11H2,(H2,30,37)/t15-,16+,28+/m1/s1. The lowest BCUT2D eigenvalue weighted by molar-refractivity contribution is -0.147.